The first kappa shape index (κ1) is 37.8. The maximum absolute atomic E-state index is 12.6. The van der Waals surface area contributed by atoms with Gasteiger partial charge >= 0.3 is 59.8 Å². The molecule has 0 rings (SSSR count). The fraction of sp³-hybridized carbons (Fsp3) is 0.917. The average Bonchev–Trinajstić information content (AvgIpc) is 2.69. The van der Waals surface area contributed by atoms with E-state index < -0.39 is 9.49 Å². The minimum atomic E-state index is -0.663. The number of hydrogen-bond donors (Lipinski definition) is 0. The van der Waals surface area contributed by atoms with Crippen LogP contribution in [0.2, 0.25) is 0 Å². The molecule has 0 aromatic rings. The summed E-state index contributed by atoms with van der Waals surface area (Å²) in [5.74, 6) is 0.993. The minimum absolute atomic E-state index is 0. The third kappa shape index (κ3) is 16.0. The van der Waals surface area contributed by atoms with Crippen molar-refractivity contribution < 1.29 is 19.1 Å². The van der Waals surface area contributed by atoms with Crippen molar-refractivity contribution in [1.29, 1.82) is 0 Å². The summed E-state index contributed by atoms with van der Waals surface area (Å²) in [6.07, 6.45) is 10.5. The number of ether oxygens (including phenoxy) is 2. The molecule has 190 valence electrons. The molecule has 0 aliphatic heterocycles. The fourth-order valence-electron chi connectivity index (χ4n) is 3.35. The zero-order valence-electron chi connectivity index (χ0n) is 22.1. The van der Waals surface area contributed by atoms with Gasteiger partial charge in [0.2, 0.25) is 0 Å². The third-order valence-corrected chi connectivity index (χ3v) is 9.53. The van der Waals surface area contributed by atoms with Gasteiger partial charge in [-0.25, -0.2) is 0 Å². The number of esters is 2. The maximum atomic E-state index is 12.6. The first-order valence-electron chi connectivity index (χ1n) is 11.5. The third-order valence-electron chi connectivity index (χ3n) is 5.51. The topological polar surface area (TPSA) is 52.6 Å². The SMILES string of the molecule is COC(=O)C(C)(CCCCCC(C)C)SSC(C)(CCCCCC(C)C)C(=O)OC.[SnH2].[SnH2]. The molecular formula is C24H50O4S2Sn2. The van der Waals surface area contributed by atoms with E-state index in [1.165, 1.54) is 61.5 Å². The molecule has 0 aliphatic rings. The number of rotatable bonds is 17. The average molecular weight is 704 g/mol. The van der Waals surface area contributed by atoms with E-state index in [1.54, 1.807) is 0 Å². The molecule has 0 aliphatic carbocycles. The Morgan fingerprint density at radius 3 is 1.22 bits per heavy atom. The van der Waals surface area contributed by atoms with Crippen molar-refractivity contribution in [2.24, 2.45) is 11.8 Å². The van der Waals surface area contributed by atoms with Crippen molar-refractivity contribution in [1.82, 2.24) is 0 Å². The number of hydrogen-bond acceptors (Lipinski definition) is 6. The molecule has 4 nitrogen and oxygen atoms in total. The van der Waals surface area contributed by atoms with E-state index in [9.17, 15) is 9.59 Å². The summed E-state index contributed by atoms with van der Waals surface area (Å²) < 4.78 is 8.89. The van der Waals surface area contributed by atoms with Crippen LogP contribution in [0.15, 0.2) is 0 Å². The van der Waals surface area contributed by atoms with Gasteiger partial charge in [0.05, 0.1) is 14.2 Å². The van der Waals surface area contributed by atoms with Crippen LogP contribution in [0.25, 0.3) is 0 Å². The van der Waals surface area contributed by atoms with E-state index in [1.807, 2.05) is 13.8 Å². The monoisotopic (exact) mass is 706 g/mol. The first-order chi connectivity index (χ1) is 14.0. The molecule has 8 heteroatoms. The predicted molar refractivity (Wildman–Crippen MR) is 149 cm³/mol. The van der Waals surface area contributed by atoms with Gasteiger partial charge in [-0.1, -0.05) is 101 Å². The molecule has 0 spiro atoms. The number of carbonyl (C=O) groups excluding carboxylic acids is 2. The van der Waals surface area contributed by atoms with Gasteiger partial charge < -0.3 is 9.47 Å². The molecule has 4 radical (unpaired) electrons. The summed E-state index contributed by atoms with van der Waals surface area (Å²) in [6.45, 7) is 12.8. The number of carbonyl (C=O) groups is 2. The molecule has 0 saturated heterocycles. The molecular weight excluding hydrogens is 654 g/mol. The summed E-state index contributed by atoms with van der Waals surface area (Å²) in [5, 5.41) is 0. The van der Waals surface area contributed by atoms with Crippen LogP contribution >= 0.6 is 21.6 Å². The molecule has 32 heavy (non-hydrogen) atoms. The van der Waals surface area contributed by atoms with Crippen LogP contribution in [-0.2, 0) is 19.1 Å². The van der Waals surface area contributed by atoms with E-state index in [2.05, 4.69) is 27.7 Å². The summed E-state index contributed by atoms with van der Waals surface area (Å²) in [6, 6.07) is 0. The molecule has 2 unspecified atom stereocenters. The van der Waals surface area contributed by atoms with Crippen LogP contribution < -0.4 is 0 Å². The summed E-state index contributed by atoms with van der Waals surface area (Å²) in [4.78, 5) is 25.1. The van der Waals surface area contributed by atoms with Crippen LogP contribution in [-0.4, -0.2) is 83.5 Å². The van der Waals surface area contributed by atoms with Gasteiger partial charge in [0.1, 0.15) is 9.49 Å². The van der Waals surface area contributed by atoms with Crippen molar-refractivity contribution in [3.8, 4) is 0 Å². The van der Waals surface area contributed by atoms with Crippen molar-refractivity contribution in [3.05, 3.63) is 0 Å². The molecule has 0 N–H and O–H groups in total. The standard InChI is InChI=1S/C24H46O4S2.2Sn.4H/c1-19(2)15-11-9-13-17-23(5,21(25)27-7)29-30-24(6,22(26)28-8)18-14-10-12-16-20(3)4;;;;;;/h19-20H,9-18H2,1-8H3;;;;;;. The molecule has 0 aromatic carbocycles. The van der Waals surface area contributed by atoms with Gasteiger partial charge in [-0.05, 0) is 38.5 Å². The normalized spacial score (nSPS) is 14.7. The molecule has 2 atom stereocenters. The Labute approximate surface area is 239 Å². The van der Waals surface area contributed by atoms with Gasteiger partial charge in [0.25, 0.3) is 0 Å². The number of unbranched alkanes of at least 4 members (excludes halogenated alkanes) is 4. The Morgan fingerprint density at radius 2 is 0.969 bits per heavy atom. The zero-order valence-corrected chi connectivity index (χ0v) is 31.8. The van der Waals surface area contributed by atoms with Crippen molar-refractivity contribution in [2.75, 3.05) is 14.2 Å². The summed E-state index contributed by atoms with van der Waals surface area (Å²) >= 11 is 0. The van der Waals surface area contributed by atoms with E-state index in [0.717, 1.165) is 38.5 Å². The van der Waals surface area contributed by atoms with E-state index in [0.29, 0.717) is 11.8 Å². The second-order valence-electron chi connectivity index (χ2n) is 9.60. The van der Waals surface area contributed by atoms with E-state index in [-0.39, 0.29) is 59.8 Å². The first-order valence-corrected chi connectivity index (χ1v) is 13.7. The summed E-state index contributed by atoms with van der Waals surface area (Å²) in [5.41, 5.74) is 0. The van der Waals surface area contributed by atoms with E-state index in [4.69, 9.17) is 9.47 Å². The second-order valence-corrected chi connectivity index (χ2v) is 12.7. The van der Waals surface area contributed by atoms with Gasteiger partial charge in [0, 0.05) is 0 Å². The van der Waals surface area contributed by atoms with Crippen LogP contribution in [0.1, 0.15) is 106 Å². The van der Waals surface area contributed by atoms with Crippen molar-refractivity contribution in [2.45, 2.75) is 115 Å². The van der Waals surface area contributed by atoms with Crippen LogP contribution in [0.4, 0.5) is 0 Å². The van der Waals surface area contributed by atoms with Gasteiger partial charge in [-0.15, -0.1) is 0 Å². The van der Waals surface area contributed by atoms with Crippen LogP contribution in [0, 0.1) is 11.8 Å². The predicted octanol–water partition coefficient (Wildman–Crippen LogP) is 5.61. The summed E-state index contributed by atoms with van der Waals surface area (Å²) in [7, 11) is 5.85. The molecule has 0 heterocycles. The Hall–Kier alpha value is 1.24. The molecule has 0 amide bonds. The number of methoxy groups -OCH3 is 2. The van der Waals surface area contributed by atoms with Gasteiger partial charge in [-0.3, -0.25) is 9.59 Å². The second kappa shape index (κ2) is 20.4. The van der Waals surface area contributed by atoms with Crippen molar-refractivity contribution in [3.63, 3.8) is 0 Å². The molecule has 0 fully saturated rings. The van der Waals surface area contributed by atoms with Crippen LogP contribution in [0.3, 0.4) is 0 Å². The van der Waals surface area contributed by atoms with Gasteiger partial charge in [-0.2, -0.15) is 0 Å². The Kier molecular flexibility index (Phi) is 24.1. The Bertz CT molecular complexity index is 462. The Morgan fingerprint density at radius 1 is 0.656 bits per heavy atom. The molecule has 0 bridgehead atoms. The quantitative estimate of drug-likeness (QED) is 0.0850. The fourth-order valence-corrected chi connectivity index (χ4v) is 6.49. The van der Waals surface area contributed by atoms with Gasteiger partial charge in [0.15, 0.2) is 0 Å². The van der Waals surface area contributed by atoms with Crippen molar-refractivity contribution >= 4 is 81.3 Å². The van der Waals surface area contributed by atoms with E-state index >= 15 is 0 Å². The van der Waals surface area contributed by atoms with Crippen LogP contribution in [0.5, 0.6) is 0 Å². The molecule has 0 saturated carbocycles. The Balaban J connectivity index is -0.00000420. The molecule has 0 aromatic heterocycles. The zero-order chi connectivity index (χ0) is 23.2.